The van der Waals surface area contributed by atoms with Gasteiger partial charge in [0.05, 0.1) is 0 Å². The Balaban J connectivity index is 3.23. The molecule has 0 saturated carbocycles. The molecular weight excluding hydrogens is 132 g/mol. The number of hydrogen-bond donors (Lipinski definition) is 2. The Morgan fingerprint density at radius 3 is 2.90 bits per heavy atom. The van der Waals surface area contributed by atoms with E-state index < -0.39 is 6.09 Å². The van der Waals surface area contributed by atoms with Gasteiger partial charge in [0.1, 0.15) is 0 Å². The van der Waals surface area contributed by atoms with Crippen LogP contribution >= 0.6 is 0 Å². The predicted molar refractivity (Wildman–Crippen MR) is 34.0 cm³/mol. The van der Waals surface area contributed by atoms with Gasteiger partial charge in [-0.15, -0.1) is 0 Å². The maximum Gasteiger partial charge on any atom is 0.404 e. The summed E-state index contributed by atoms with van der Waals surface area (Å²) in [6.07, 6.45) is -0.696. The van der Waals surface area contributed by atoms with Crippen LogP contribution in [0.2, 0.25) is 0 Å². The van der Waals surface area contributed by atoms with Crippen molar-refractivity contribution in [3.05, 3.63) is 0 Å². The van der Waals surface area contributed by atoms with Gasteiger partial charge in [0.15, 0.2) is 6.07 Å². The monoisotopic (exact) mass is 138 g/mol. The lowest BCUT2D eigenvalue weighted by Crippen LogP contribution is -2.21. The van der Waals surface area contributed by atoms with Crippen molar-refractivity contribution < 1.29 is 9.90 Å². The molecule has 10 heavy (non-hydrogen) atoms. The minimum absolute atomic E-state index is 0.268. The molecule has 0 aromatic heterocycles. The van der Waals surface area contributed by atoms with Gasteiger partial charge in [-0.1, -0.05) is 5.92 Å². The number of carboxylic acid groups (broad SMARTS) is 1. The van der Waals surface area contributed by atoms with E-state index in [2.05, 4.69) is 17.2 Å². The Hall–Kier alpha value is -1.68. The largest absolute Gasteiger partial charge is 0.465 e. The third-order valence-corrected chi connectivity index (χ3v) is 0.671. The maximum atomic E-state index is 9.81. The van der Waals surface area contributed by atoms with Gasteiger partial charge < -0.3 is 10.4 Å². The Bertz CT molecular complexity index is 206. The molecule has 0 radical (unpaired) electrons. The quantitative estimate of drug-likeness (QED) is 0.422. The van der Waals surface area contributed by atoms with E-state index >= 15 is 0 Å². The molecule has 4 nitrogen and oxygen atoms in total. The average Bonchev–Trinajstić information content (AvgIpc) is 1.87. The molecule has 0 aromatic carbocycles. The molecule has 52 valence electrons. The summed E-state index contributed by atoms with van der Waals surface area (Å²) in [7, 11) is 0. The number of carbonyl (C=O) groups is 1. The molecule has 0 rings (SSSR count). The highest BCUT2D eigenvalue weighted by molar-refractivity contribution is 5.64. The highest BCUT2D eigenvalue weighted by Gasteiger charge is 1.88. The lowest BCUT2D eigenvalue weighted by molar-refractivity contribution is 0.195. The van der Waals surface area contributed by atoms with Gasteiger partial charge in [-0.3, -0.25) is 0 Å². The van der Waals surface area contributed by atoms with E-state index in [-0.39, 0.29) is 6.54 Å². The molecule has 0 fully saturated rings. The van der Waals surface area contributed by atoms with Crippen molar-refractivity contribution in [1.29, 1.82) is 5.26 Å². The zero-order chi connectivity index (χ0) is 7.82. The molecule has 0 spiro atoms. The summed E-state index contributed by atoms with van der Waals surface area (Å²) in [6.45, 7) is 0.268. The average molecular weight is 138 g/mol. The normalized spacial score (nSPS) is 6.70. The Morgan fingerprint density at radius 2 is 2.40 bits per heavy atom. The second-order valence-electron chi connectivity index (χ2n) is 1.40. The molecule has 0 atom stereocenters. The summed E-state index contributed by atoms with van der Waals surface area (Å²) < 4.78 is 0. The molecule has 0 heterocycles. The molecule has 0 saturated heterocycles. The van der Waals surface area contributed by atoms with Crippen LogP contribution in [0.3, 0.4) is 0 Å². The molecule has 1 amide bonds. The second kappa shape index (κ2) is 5.46. The smallest absolute Gasteiger partial charge is 0.404 e. The molecule has 0 unspecified atom stereocenters. The number of nitrogens with one attached hydrogen (secondary N) is 1. The number of hydrogen-bond acceptors (Lipinski definition) is 2. The minimum Gasteiger partial charge on any atom is -0.465 e. The first kappa shape index (κ1) is 8.32. The summed E-state index contributed by atoms with van der Waals surface area (Å²) in [5, 5.41) is 18.1. The summed E-state index contributed by atoms with van der Waals surface area (Å²) in [6, 6.07) is 1.62. The van der Waals surface area contributed by atoms with E-state index in [1.165, 1.54) is 0 Å². The topological polar surface area (TPSA) is 73.1 Å². The summed E-state index contributed by atoms with van der Waals surface area (Å²) in [5.41, 5.74) is 0. The maximum absolute atomic E-state index is 9.81. The third-order valence-electron chi connectivity index (χ3n) is 0.671. The van der Waals surface area contributed by atoms with Crippen LogP contribution in [-0.4, -0.2) is 17.7 Å². The number of amides is 1. The van der Waals surface area contributed by atoms with Crippen LogP contribution in [-0.2, 0) is 0 Å². The van der Waals surface area contributed by atoms with Crippen molar-refractivity contribution in [3.63, 3.8) is 0 Å². The first-order valence-corrected chi connectivity index (χ1v) is 2.61. The van der Waals surface area contributed by atoms with Crippen LogP contribution in [0.5, 0.6) is 0 Å². The Kier molecular flexibility index (Phi) is 4.54. The Labute approximate surface area is 58.5 Å². The lowest BCUT2D eigenvalue weighted by atomic mass is 10.4. The lowest BCUT2D eigenvalue weighted by Gasteiger charge is -1.91. The van der Waals surface area contributed by atoms with Gasteiger partial charge in [0.2, 0.25) is 0 Å². The van der Waals surface area contributed by atoms with Crippen molar-refractivity contribution in [2.24, 2.45) is 0 Å². The highest BCUT2D eigenvalue weighted by atomic mass is 16.4. The van der Waals surface area contributed by atoms with Crippen molar-refractivity contribution in [2.75, 3.05) is 6.54 Å². The van der Waals surface area contributed by atoms with Crippen LogP contribution in [0.25, 0.3) is 0 Å². The van der Waals surface area contributed by atoms with Crippen molar-refractivity contribution >= 4 is 6.09 Å². The van der Waals surface area contributed by atoms with Crippen molar-refractivity contribution in [2.45, 2.75) is 6.42 Å². The third kappa shape index (κ3) is 6.32. The number of rotatable bonds is 2. The molecule has 0 aliphatic carbocycles. The standard InChI is InChI=1S/C6H6N2O2/c7-4-2-1-3-5-8-6(9)10/h8H,3,5H2,(H,9,10). The molecule has 0 bridgehead atoms. The van der Waals surface area contributed by atoms with E-state index in [4.69, 9.17) is 10.4 Å². The van der Waals surface area contributed by atoms with E-state index in [0.717, 1.165) is 0 Å². The van der Waals surface area contributed by atoms with E-state index in [1.54, 1.807) is 6.07 Å². The van der Waals surface area contributed by atoms with Crippen LogP contribution in [0.15, 0.2) is 0 Å². The highest BCUT2D eigenvalue weighted by Crippen LogP contribution is 1.70. The summed E-state index contributed by atoms with van der Waals surface area (Å²) in [5.74, 6) is 4.60. The van der Waals surface area contributed by atoms with Gasteiger partial charge in [-0.05, 0) is 0 Å². The zero-order valence-corrected chi connectivity index (χ0v) is 5.22. The molecule has 4 heteroatoms. The summed E-state index contributed by atoms with van der Waals surface area (Å²) >= 11 is 0. The predicted octanol–water partition coefficient (Wildman–Crippen LogP) is 0.171. The fraction of sp³-hybridized carbons (Fsp3) is 0.333. The molecule has 0 aliphatic heterocycles. The number of nitriles is 1. The molecule has 2 N–H and O–H groups in total. The molecule has 0 aromatic rings. The summed E-state index contributed by atoms with van der Waals surface area (Å²) in [4.78, 5) is 9.81. The first-order valence-electron chi connectivity index (χ1n) is 2.61. The van der Waals surface area contributed by atoms with Crippen LogP contribution < -0.4 is 5.32 Å². The SMILES string of the molecule is N#CC#CCCNC(=O)O. The van der Waals surface area contributed by atoms with E-state index in [9.17, 15) is 4.79 Å². The minimum atomic E-state index is -1.07. The van der Waals surface area contributed by atoms with Crippen LogP contribution in [0.1, 0.15) is 6.42 Å². The van der Waals surface area contributed by atoms with Gasteiger partial charge >= 0.3 is 6.09 Å². The zero-order valence-electron chi connectivity index (χ0n) is 5.22. The van der Waals surface area contributed by atoms with E-state index in [0.29, 0.717) is 6.42 Å². The fourth-order valence-electron chi connectivity index (χ4n) is 0.334. The Morgan fingerprint density at radius 1 is 1.70 bits per heavy atom. The van der Waals surface area contributed by atoms with Crippen molar-refractivity contribution in [3.8, 4) is 17.9 Å². The van der Waals surface area contributed by atoms with Crippen LogP contribution in [0, 0.1) is 23.2 Å². The molecule has 0 aliphatic rings. The van der Waals surface area contributed by atoms with Crippen LogP contribution in [0.4, 0.5) is 4.79 Å². The number of nitrogens with zero attached hydrogens (tertiary/aromatic N) is 1. The second-order valence-corrected chi connectivity index (χ2v) is 1.40. The van der Waals surface area contributed by atoms with Crippen molar-refractivity contribution in [1.82, 2.24) is 5.32 Å². The van der Waals surface area contributed by atoms with Gasteiger partial charge in [-0.25, -0.2) is 4.79 Å². The first-order chi connectivity index (χ1) is 4.77. The van der Waals surface area contributed by atoms with Gasteiger partial charge in [0, 0.05) is 18.9 Å². The fourth-order valence-corrected chi connectivity index (χ4v) is 0.334. The van der Waals surface area contributed by atoms with Gasteiger partial charge in [-0.2, -0.15) is 5.26 Å². The van der Waals surface area contributed by atoms with E-state index in [1.807, 2.05) is 0 Å². The van der Waals surface area contributed by atoms with Gasteiger partial charge in [0.25, 0.3) is 0 Å². The molecular formula is C6H6N2O2.